The second kappa shape index (κ2) is 6.13. The van der Waals surface area contributed by atoms with Gasteiger partial charge in [-0.15, -0.1) is 22.7 Å². The van der Waals surface area contributed by atoms with E-state index >= 15 is 0 Å². The highest BCUT2D eigenvalue weighted by Crippen LogP contribution is 2.34. The smallest absolute Gasteiger partial charge is 0.133 e. The van der Waals surface area contributed by atoms with Crippen molar-refractivity contribution < 1.29 is 5.11 Å². The SMILES string of the molecule is OCCC(NCc1cnc(-c2cccs2)s1)C1CC1. The van der Waals surface area contributed by atoms with Crippen molar-refractivity contribution in [2.45, 2.75) is 31.8 Å². The fraction of sp³-hybridized carbons (Fsp3) is 0.500. The molecule has 2 heterocycles. The van der Waals surface area contributed by atoms with Gasteiger partial charge in [0.15, 0.2) is 0 Å². The summed E-state index contributed by atoms with van der Waals surface area (Å²) < 4.78 is 0. The predicted molar refractivity (Wildman–Crippen MR) is 80.5 cm³/mol. The molecule has 1 fully saturated rings. The van der Waals surface area contributed by atoms with E-state index in [4.69, 9.17) is 5.11 Å². The normalized spacial score (nSPS) is 16.7. The van der Waals surface area contributed by atoms with Gasteiger partial charge in [-0.3, -0.25) is 0 Å². The zero-order valence-electron chi connectivity index (χ0n) is 10.7. The van der Waals surface area contributed by atoms with Crippen LogP contribution in [0.1, 0.15) is 24.1 Å². The highest BCUT2D eigenvalue weighted by Gasteiger charge is 2.30. The van der Waals surface area contributed by atoms with Crippen LogP contribution in [0.4, 0.5) is 0 Å². The van der Waals surface area contributed by atoms with Crippen molar-refractivity contribution in [3.8, 4) is 9.88 Å². The number of aliphatic hydroxyl groups excluding tert-OH is 1. The lowest BCUT2D eigenvalue weighted by Gasteiger charge is -2.16. The van der Waals surface area contributed by atoms with Crippen LogP contribution in [0.3, 0.4) is 0 Å². The van der Waals surface area contributed by atoms with Gasteiger partial charge in [-0.1, -0.05) is 6.07 Å². The first-order valence-electron chi connectivity index (χ1n) is 6.69. The Bertz CT molecular complexity index is 505. The molecule has 2 aromatic rings. The third-order valence-electron chi connectivity index (χ3n) is 3.46. The van der Waals surface area contributed by atoms with Crippen molar-refractivity contribution >= 4 is 22.7 Å². The first-order chi connectivity index (χ1) is 9.36. The van der Waals surface area contributed by atoms with Gasteiger partial charge in [0.1, 0.15) is 5.01 Å². The van der Waals surface area contributed by atoms with E-state index in [0.29, 0.717) is 6.04 Å². The summed E-state index contributed by atoms with van der Waals surface area (Å²) in [5.41, 5.74) is 0. The highest BCUT2D eigenvalue weighted by molar-refractivity contribution is 7.20. The maximum Gasteiger partial charge on any atom is 0.133 e. The van der Waals surface area contributed by atoms with Crippen LogP contribution < -0.4 is 5.32 Å². The Kier molecular flexibility index (Phi) is 4.28. The molecule has 0 aliphatic heterocycles. The Morgan fingerprint density at radius 2 is 2.37 bits per heavy atom. The standard InChI is InChI=1S/C14H18N2OS2/c17-6-5-12(10-3-4-10)15-8-11-9-16-14(19-11)13-2-1-7-18-13/h1-2,7,9-10,12,15,17H,3-6,8H2. The van der Waals surface area contributed by atoms with Gasteiger partial charge in [-0.2, -0.15) is 0 Å². The molecule has 19 heavy (non-hydrogen) atoms. The minimum atomic E-state index is 0.275. The molecule has 2 N–H and O–H groups in total. The molecule has 1 aliphatic carbocycles. The highest BCUT2D eigenvalue weighted by atomic mass is 32.1. The molecule has 5 heteroatoms. The molecule has 1 aliphatic rings. The Morgan fingerprint density at radius 1 is 1.47 bits per heavy atom. The Balaban J connectivity index is 1.58. The Hall–Kier alpha value is -0.750. The number of aromatic nitrogens is 1. The van der Waals surface area contributed by atoms with Gasteiger partial charge in [-0.25, -0.2) is 4.98 Å². The van der Waals surface area contributed by atoms with Crippen molar-refractivity contribution in [2.24, 2.45) is 5.92 Å². The number of hydrogen-bond acceptors (Lipinski definition) is 5. The van der Waals surface area contributed by atoms with Gasteiger partial charge in [0.05, 0.1) is 4.88 Å². The van der Waals surface area contributed by atoms with E-state index in [1.807, 2.05) is 6.20 Å². The summed E-state index contributed by atoms with van der Waals surface area (Å²) in [5, 5.41) is 15.9. The minimum absolute atomic E-state index is 0.275. The van der Waals surface area contributed by atoms with E-state index in [0.717, 1.165) is 23.9 Å². The van der Waals surface area contributed by atoms with Gasteiger partial charge in [-0.05, 0) is 36.6 Å². The lowest BCUT2D eigenvalue weighted by Crippen LogP contribution is -2.31. The number of nitrogens with one attached hydrogen (secondary N) is 1. The number of aliphatic hydroxyl groups is 1. The van der Waals surface area contributed by atoms with Gasteiger partial charge >= 0.3 is 0 Å². The average molecular weight is 294 g/mol. The summed E-state index contributed by atoms with van der Waals surface area (Å²) in [6.45, 7) is 1.14. The van der Waals surface area contributed by atoms with Crippen LogP contribution in [-0.2, 0) is 6.54 Å². The van der Waals surface area contributed by atoms with Crippen LogP contribution in [-0.4, -0.2) is 22.7 Å². The number of thiophene rings is 1. The molecule has 1 saturated carbocycles. The van der Waals surface area contributed by atoms with Gasteiger partial charge in [0, 0.05) is 30.3 Å². The molecule has 2 aromatic heterocycles. The van der Waals surface area contributed by atoms with Crippen molar-refractivity contribution in [1.82, 2.24) is 10.3 Å². The molecule has 3 rings (SSSR count). The first-order valence-corrected chi connectivity index (χ1v) is 8.39. The van der Waals surface area contributed by atoms with Crippen LogP contribution in [0.2, 0.25) is 0 Å². The monoisotopic (exact) mass is 294 g/mol. The fourth-order valence-electron chi connectivity index (χ4n) is 2.28. The first kappa shape index (κ1) is 13.2. The van der Waals surface area contributed by atoms with Crippen LogP contribution in [0.25, 0.3) is 9.88 Å². The topological polar surface area (TPSA) is 45.1 Å². The molecule has 0 bridgehead atoms. The molecule has 0 amide bonds. The molecule has 3 nitrogen and oxygen atoms in total. The number of thiazole rings is 1. The van der Waals surface area contributed by atoms with Crippen molar-refractivity contribution in [3.05, 3.63) is 28.6 Å². The predicted octanol–water partition coefficient (Wildman–Crippen LogP) is 3.12. The Labute approximate surface area is 121 Å². The van der Waals surface area contributed by atoms with Gasteiger partial charge in [0.25, 0.3) is 0 Å². The summed E-state index contributed by atoms with van der Waals surface area (Å²) in [5.74, 6) is 0.775. The van der Waals surface area contributed by atoms with E-state index in [1.165, 1.54) is 22.6 Å². The van der Waals surface area contributed by atoms with Crippen molar-refractivity contribution in [3.63, 3.8) is 0 Å². The average Bonchev–Trinajstić information content (AvgIpc) is 2.93. The second-order valence-corrected chi connectivity index (χ2v) is 7.01. The van der Waals surface area contributed by atoms with Crippen LogP contribution in [0.5, 0.6) is 0 Å². The molecular formula is C14H18N2OS2. The largest absolute Gasteiger partial charge is 0.396 e. The summed E-state index contributed by atoms with van der Waals surface area (Å²) in [7, 11) is 0. The third kappa shape index (κ3) is 3.42. The lowest BCUT2D eigenvalue weighted by molar-refractivity contribution is 0.256. The molecule has 102 valence electrons. The quantitative estimate of drug-likeness (QED) is 0.824. The maximum absolute atomic E-state index is 9.09. The van der Waals surface area contributed by atoms with E-state index in [9.17, 15) is 0 Å². The zero-order chi connectivity index (χ0) is 13.1. The molecule has 1 atom stereocenters. The second-order valence-electron chi connectivity index (χ2n) is 4.95. The molecule has 0 radical (unpaired) electrons. The van der Waals surface area contributed by atoms with Gasteiger partial charge in [0.2, 0.25) is 0 Å². The third-order valence-corrected chi connectivity index (χ3v) is 5.49. The number of nitrogens with zero attached hydrogens (tertiary/aromatic N) is 1. The molecule has 0 aromatic carbocycles. The van der Waals surface area contributed by atoms with E-state index in [1.54, 1.807) is 22.7 Å². The van der Waals surface area contributed by atoms with Crippen LogP contribution in [0.15, 0.2) is 23.7 Å². The summed E-state index contributed by atoms with van der Waals surface area (Å²) in [4.78, 5) is 6.99. The van der Waals surface area contributed by atoms with Crippen molar-refractivity contribution in [1.29, 1.82) is 0 Å². The number of rotatable bonds is 7. The molecule has 1 unspecified atom stereocenters. The summed E-state index contributed by atoms with van der Waals surface area (Å²) in [6, 6.07) is 4.64. The van der Waals surface area contributed by atoms with Crippen LogP contribution in [0, 0.1) is 5.92 Å². The molecule has 0 saturated heterocycles. The minimum Gasteiger partial charge on any atom is -0.396 e. The van der Waals surface area contributed by atoms with Gasteiger partial charge < -0.3 is 10.4 Å². The molecule has 0 spiro atoms. The Morgan fingerprint density at radius 3 is 3.05 bits per heavy atom. The van der Waals surface area contributed by atoms with E-state index < -0.39 is 0 Å². The van der Waals surface area contributed by atoms with E-state index in [2.05, 4.69) is 27.8 Å². The summed E-state index contributed by atoms with van der Waals surface area (Å²) in [6.07, 6.45) is 5.44. The number of hydrogen-bond donors (Lipinski definition) is 2. The zero-order valence-corrected chi connectivity index (χ0v) is 12.3. The lowest BCUT2D eigenvalue weighted by atomic mass is 10.1. The van der Waals surface area contributed by atoms with E-state index in [-0.39, 0.29) is 6.61 Å². The van der Waals surface area contributed by atoms with Crippen molar-refractivity contribution in [2.75, 3.05) is 6.61 Å². The maximum atomic E-state index is 9.09. The summed E-state index contributed by atoms with van der Waals surface area (Å²) >= 11 is 3.49. The van der Waals surface area contributed by atoms with Crippen LogP contribution >= 0.6 is 22.7 Å². The molecular weight excluding hydrogens is 276 g/mol. The fourth-order valence-corrected chi connectivity index (χ4v) is 3.94.